The molecule has 0 bridgehead atoms. The zero-order chi connectivity index (χ0) is 10.0. The molecule has 1 aliphatic heterocycles. The first-order valence-electron chi connectivity index (χ1n) is 5.16. The van der Waals surface area contributed by atoms with E-state index in [1.807, 2.05) is 0 Å². The van der Waals surface area contributed by atoms with Crippen molar-refractivity contribution in [3.63, 3.8) is 0 Å². The molecule has 1 fully saturated rings. The second kappa shape index (κ2) is 4.01. The fraction of sp³-hybridized carbons (Fsp3) is 0.636. The molecule has 0 saturated carbocycles. The van der Waals surface area contributed by atoms with Gasteiger partial charge in [-0.3, -0.25) is 0 Å². The van der Waals surface area contributed by atoms with Gasteiger partial charge in [-0.2, -0.15) is 0 Å². The summed E-state index contributed by atoms with van der Waals surface area (Å²) >= 11 is 1.77. The van der Waals surface area contributed by atoms with E-state index >= 15 is 0 Å². The molecule has 1 aliphatic rings. The molecule has 2 heterocycles. The van der Waals surface area contributed by atoms with Crippen LogP contribution in [0.3, 0.4) is 0 Å². The number of nitrogens with two attached hydrogens (primary N) is 1. The summed E-state index contributed by atoms with van der Waals surface area (Å²) in [5.74, 6) is 0. The Morgan fingerprint density at radius 1 is 1.71 bits per heavy atom. The quantitative estimate of drug-likeness (QED) is 0.815. The van der Waals surface area contributed by atoms with E-state index in [2.05, 4.69) is 24.4 Å². The molecule has 0 aliphatic carbocycles. The maximum atomic E-state index is 6.05. The lowest BCUT2D eigenvalue weighted by molar-refractivity contribution is -0.117. The van der Waals surface area contributed by atoms with Gasteiger partial charge in [0.1, 0.15) is 0 Å². The lowest BCUT2D eigenvalue weighted by Crippen LogP contribution is -2.38. The van der Waals surface area contributed by atoms with Crippen LogP contribution in [0.1, 0.15) is 31.1 Å². The molecule has 2 atom stereocenters. The standard InChI is InChI=1S/C11H17NOS/c1-11(10-5-3-7-14-10)6-2-4-9(8-12)13-11/h3,5,7,9H,2,4,6,8,12H2,1H3. The maximum absolute atomic E-state index is 6.05. The molecular weight excluding hydrogens is 194 g/mol. The molecule has 0 aromatic carbocycles. The first-order valence-corrected chi connectivity index (χ1v) is 6.04. The molecule has 14 heavy (non-hydrogen) atoms. The molecule has 78 valence electrons. The highest BCUT2D eigenvalue weighted by atomic mass is 32.1. The van der Waals surface area contributed by atoms with Gasteiger partial charge < -0.3 is 10.5 Å². The topological polar surface area (TPSA) is 35.2 Å². The Hall–Kier alpha value is -0.380. The summed E-state index contributed by atoms with van der Waals surface area (Å²) in [4.78, 5) is 1.33. The van der Waals surface area contributed by atoms with E-state index in [9.17, 15) is 0 Å². The smallest absolute Gasteiger partial charge is 0.0998 e. The van der Waals surface area contributed by atoms with Crippen LogP contribution in [-0.2, 0) is 10.3 Å². The lowest BCUT2D eigenvalue weighted by atomic mass is 9.92. The predicted molar refractivity (Wildman–Crippen MR) is 59.4 cm³/mol. The summed E-state index contributed by atoms with van der Waals surface area (Å²) in [7, 11) is 0. The van der Waals surface area contributed by atoms with Gasteiger partial charge in [0.25, 0.3) is 0 Å². The normalized spacial score (nSPS) is 33.1. The Bertz CT molecular complexity index is 285. The zero-order valence-corrected chi connectivity index (χ0v) is 9.35. The van der Waals surface area contributed by atoms with Gasteiger partial charge in [0.05, 0.1) is 11.7 Å². The SMILES string of the molecule is CC1(c2cccs2)CCCC(CN)O1. The average molecular weight is 211 g/mol. The van der Waals surface area contributed by atoms with Gasteiger partial charge in [0.2, 0.25) is 0 Å². The van der Waals surface area contributed by atoms with Crippen molar-refractivity contribution in [1.82, 2.24) is 0 Å². The third-order valence-corrected chi connectivity index (χ3v) is 4.03. The van der Waals surface area contributed by atoms with Crippen LogP contribution < -0.4 is 5.73 Å². The minimum Gasteiger partial charge on any atom is -0.365 e. The second-order valence-electron chi connectivity index (χ2n) is 4.08. The molecule has 0 spiro atoms. The minimum atomic E-state index is -0.0869. The van der Waals surface area contributed by atoms with E-state index in [0.717, 1.165) is 12.8 Å². The van der Waals surface area contributed by atoms with Crippen LogP contribution >= 0.6 is 11.3 Å². The van der Waals surface area contributed by atoms with Crippen molar-refractivity contribution < 1.29 is 4.74 Å². The van der Waals surface area contributed by atoms with Gasteiger partial charge in [-0.05, 0) is 37.6 Å². The molecule has 2 unspecified atom stereocenters. The highest BCUT2D eigenvalue weighted by Gasteiger charge is 2.34. The molecule has 0 radical (unpaired) electrons. The van der Waals surface area contributed by atoms with Crippen LogP contribution in [0.15, 0.2) is 17.5 Å². The van der Waals surface area contributed by atoms with Crippen LogP contribution in [-0.4, -0.2) is 12.6 Å². The first-order chi connectivity index (χ1) is 6.74. The van der Waals surface area contributed by atoms with E-state index in [0.29, 0.717) is 6.54 Å². The number of ether oxygens (including phenoxy) is 1. The van der Waals surface area contributed by atoms with Crippen LogP contribution in [0, 0.1) is 0 Å². The molecule has 1 saturated heterocycles. The van der Waals surface area contributed by atoms with Crippen molar-refractivity contribution in [3.05, 3.63) is 22.4 Å². The van der Waals surface area contributed by atoms with Gasteiger partial charge >= 0.3 is 0 Å². The van der Waals surface area contributed by atoms with Crippen LogP contribution in [0.2, 0.25) is 0 Å². The lowest BCUT2D eigenvalue weighted by Gasteiger charge is -2.37. The number of hydrogen-bond donors (Lipinski definition) is 1. The summed E-state index contributed by atoms with van der Waals surface area (Å²) in [5, 5.41) is 2.11. The van der Waals surface area contributed by atoms with Crippen molar-refractivity contribution in [1.29, 1.82) is 0 Å². The average Bonchev–Trinajstić information content (AvgIpc) is 2.71. The van der Waals surface area contributed by atoms with Gasteiger partial charge in [-0.1, -0.05) is 6.07 Å². The van der Waals surface area contributed by atoms with Crippen molar-refractivity contribution >= 4 is 11.3 Å². The van der Waals surface area contributed by atoms with E-state index in [1.54, 1.807) is 11.3 Å². The van der Waals surface area contributed by atoms with E-state index in [-0.39, 0.29) is 11.7 Å². The molecule has 1 aromatic rings. The third kappa shape index (κ3) is 1.85. The van der Waals surface area contributed by atoms with Crippen molar-refractivity contribution in [2.45, 2.75) is 37.9 Å². The Balaban J connectivity index is 2.15. The maximum Gasteiger partial charge on any atom is 0.0998 e. The van der Waals surface area contributed by atoms with Crippen LogP contribution in [0.4, 0.5) is 0 Å². The summed E-state index contributed by atoms with van der Waals surface area (Å²) in [5.41, 5.74) is 5.57. The molecule has 2 N–H and O–H groups in total. The number of thiophene rings is 1. The summed E-state index contributed by atoms with van der Waals surface area (Å²) in [6, 6.07) is 4.24. The Kier molecular flexibility index (Phi) is 2.91. The van der Waals surface area contributed by atoms with Gasteiger partial charge in [0.15, 0.2) is 0 Å². The molecule has 1 aromatic heterocycles. The predicted octanol–water partition coefficient (Wildman–Crippen LogP) is 2.49. The summed E-state index contributed by atoms with van der Waals surface area (Å²) in [6.45, 7) is 2.82. The molecule has 2 nitrogen and oxygen atoms in total. The van der Waals surface area contributed by atoms with Crippen molar-refractivity contribution in [2.75, 3.05) is 6.54 Å². The highest BCUT2D eigenvalue weighted by Crippen LogP contribution is 2.39. The van der Waals surface area contributed by atoms with Gasteiger partial charge in [0, 0.05) is 11.4 Å². The summed E-state index contributed by atoms with van der Waals surface area (Å²) < 4.78 is 6.05. The fourth-order valence-corrected chi connectivity index (χ4v) is 2.94. The molecular formula is C11H17NOS. The number of rotatable bonds is 2. The van der Waals surface area contributed by atoms with Crippen LogP contribution in [0.5, 0.6) is 0 Å². The van der Waals surface area contributed by atoms with E-state index < -0.39 is 0 Å². The monoisotopic (exact) mass is 211 g/mol. The van der Waals surface area contributed by atoms with Crippen LogP contribution in [0.25, 0.3) is 0 Å². The minimum absolute atomic E-state index is 0.0869. The summed E-state index contributed by atoms with van der Waals surface area (Å²) in [6.07, 6.45) is 3.69. The van der Waals surface area contributed by atoms with Gasteiger partial charge in [-0.25, -0.2) is 0 Å². The zero-order valence-electron chi connectivity index (χ0n) is 8.53. The van der Waals surface area contributed by atoms with Crippen molar-refractivity contribution in [2.24, 2.45) is 5.73 Å². The Morgan fingerprint density at radius 3 is 3.21 bits per heavy atom. The highest BCUT2D eigenvalue weighted by molar-refractivity contribution is 7.10. The molecule has 0 amide bonds. The Morgan fingerprint density at radius 2 is 2.57 bits per heavy atom. The number of hydrogen-bond acceptors (Lipinski definition) is 3. The molecule has 2 rings (SSSR count). The first kappa shape index (κ1) is 10.1. The third-order valence-electron chi connectivity index (χ3n) is 2.91. The van der Waals surface area contributed by atoms with Gasteiger partial charge in [-0.15, -0.1) is 11.3 Å². The van der Waals surface area contributed by atoms with E-state index in [4.69, 9.17) is 10.5 Å². The molecule has 3 heteroatoms. The Labute approximate surface area is 89.1 Å². The largest absolute Gasteiger partial charge is 0.365 e. The van der Waals surface area contributed by atoms with E-state index in [1.165, 1.54) is 11.3 Å². The fourth-order valence-electron chi connectivity index (χ4n) is 2.08. The second-order valence-corrected chi connectivity index (χ2v) is 5.02. The van der Waals surface area contributed by atoms with Crippen molar-refractivity contribution in [3.8, 4) is 0 Å².